The summed E-state index contributed by atoms with van der Waals surface area (Å²) in [5.74, 6) is -0.698. The largest absolute Gasteiger partial charge is 0.504 e. The van der Waals surface area contributed by atoms with Crippen LogP contribution in [0.4, 0.5) is 0 Å². The van der Waals surface area contributed by atoms with E-state index >= 15 is 0 Å². The molecular formula is C29H35NO12. The van der Waals surface area contributed by atoms with Gasteiger partial charge in [-0.1, -0.05) is 24.3 Å². The van der Waals surface area contributed by atoms with Gasteiger partial charge in [0, 0.05) is 6.92 Å². The molecule has 2 aromatic rings. The van der Waals surface area contributed by atoms with Crippen molar-refractivity contribution in [3.8, 4) is 23.0 Å². The van der Waals surface area contributed by atoms with Crippen LogP contribution in [0.25, 0.3) is 12.2 Å². The Morgan fingerprint density at radius 2 is 1.36 bits per heavy atom. The summed E-state index contributed by atoms with van der Waals surface area (Å²) in [6.45, 7) is 0.671. The molecule has 228 valence electrons. The molecule has 1 heterocycles. The van der Waals surface area contributed by atoms with Crippen molar-refractivity contribution < 1.29 is 58.9 Å². The molecule has 13 nitrogen and oxygen atoms in total. The minimum atomic E-state index is -1.31. The molecule has 0 saturated carbocycles. The summed E-state index contributed by atoms with van der Waals surface area (Å²) in [5.41, 5.74) is 6.81. The molecule has 1 unspecified atom stereocenters. The van der Waals surface area contributed by atoms with Crippen molar-refractivity contribution in [2.24, 2.45) is 5.73 Å². The Labute approximate surface area is 242 Å². The predicted molar refractivity (Wildman–Crippen MR) is 150 cm³/mol. The molecule has 0 bridgehead atoms. The first-order valence-electron chi connectivity index (χ1n) is 12.6. The average molecular weight is 590 g/mol. The van der Waals surface area contributed by atoms with Crippen LogP contribution in [0.3, 0.4) is 0 Å². The van der Waals surface area contributed by atoms with Crippen LogP contribution in [0.2, 0.25) is 0 Å². The van der Waals surface area contributed by atoms with E-state index in [1.807, 2.05) is 0 Å². The van der Waals surface area contributed by atoms with Gasteiger partial charge in [0.1, 0.15) is 18.3 Å². The first-order valence-corrected chi connectivity index (χ1v) is 12.6. The highest BCUT2D eigenvalue weighted by molar-refractivity contribution is 6.10. The van der Waals surface area contributed by atoms with Gasteiger partial charge in [0.15, 0.2) is 34.6 Å². The molecule has 7 N–H and O–H groups in total. The molecule has 0 radical (unpaired) electrons. The zero-order valence-electron chi connectivity index (χ0n) is 23.2. The summed E-state index contributed by atoms with van der Waals surface area (Å²) >= 11 is 0. The number of benzene rings is 2. The Kier molecular flexibility index (Phi) is 13.1. The number of carbonyl (C=O) groups is 3. The van der Waals surface area contributed by atoms with Gasteiger partial charge in [-0.05, 0) is 47.5 Å². The van der Waals surface area contributed by atoms with E-state index in [4.69, 9.17) is 25.1 Å². The van der Waals surface area contributed by atoms with Crippen molar-refractivity contribution in [1.29, 1.82) is 0 Å². The number of aliphatic hydroxyl groups is 3. The second-order valence-electron chi connectivity index (χ2n) is 9.03. The maximum absolute atomic E-state index is 11.9. The lowest BCUT2D eigenvalue weighted by Crippen LogP contribution is -2.62. The highest BCUT2D eigenvalue weighted by atomic mass is 16.7. The molecule has 1 aliphatic rings. The maximum atomic E-state index is 11.9. The Hall–Kier alpha value is -4.27. The average Bonchev–Trinajstić information content (AvgIpc) is 2.96. The zero-order valence-corrected chi connectivity index (χ0v) is 23.2. The predicted octanol–water partition coefficient (Wildman–Crippen LogP) is 0.686. The summed E-state index contributed by atoms with van der Waals surface area (Å²) < 4.78 is 19.7. The fraction of sp³-hybridized carbons (Fsp3) is 0.345. The van der Waals surface area contributed by atoms with E-state index in [2.05, 4.69) is 4.74 Å². The maximum Gasteiger partial charge on any atom is 0.304 e. The number of esters is 1. The Morgan fingerprint density at radius 1 is 0.881 bits per heavy atom. The van der Waals surface area contributed by atoms with E-state index in [1.165, 1.54) is 45.4 Å². The second-order valence-corrected chi connectivity index (χ2v) is 9.03. The first-order chi connectivity index (χ1) is 19.9. The number of allylic oxidation sites excluding steroid dienone is 2. The molecule has 5 atom stereocenters. The highest BCUT2D eigenvalue weighted by Crippen LogP contribution is 2.28. The number of phenolic OH excluding ortho intramolecular Hbond substituents is 2. The van der Waals surface area contributed by atoms with Crippen LogP contribution in [0, 0.1) is 0 Å². The fourth-order valence-electron chi connectivity index (χ4n) is 3.64. The minimum Gasteiger partial charge on any atom is -0.504 e. The van der Waals surface area contributed by atoms with Gasteiger partial charge < -0.3 is 50.2 Å². The third-order valence-electron chi connectivity index (χ3n) is 5.89. The van der Waals surface area contributed by atoms with E-state index in [1.54, 1.807) is 36.4 Å². The highest BCUT2D eigenvalue weighted by Gasteiger charge is 2.43. The number of methoxy groups -OCH3 is 2. The van der Waals surface area contributed by atoms with E-state index in [0.29, 0.717) is 22.6 Å². The lowest BCUT2D eigenvalue weighted by Gasteiger charge is -2.39. The standard InChI is InChI=1S/C21H20O6.C8H15NO6/c1-26-20-11-14(5-9-18(20)24)3-7-16(22)13-17(23)8-4-15-6-10-19(25)21(12-15)27-2;1-3(11)14-8-5(9)7(13)6(12)4(2-10)15-8/h3-12,24-25H,13H2,1-2H3;4-8,10,12-13H,2,9H2,1H3/b7-3+,8-4+;/t;4-,5-,6-,7-,8?/m.1/s1. The van der Waals surface area contributed by atoms with Crippen molar-refractivity contribution >= 4 is 29.7 Å². The third-order valence-corrected chi connectivity index (χ3v) is 5.89. The van der Waals surface area contributed by atoms with Gasteiger partial charge in [0.05, 0.1) is 33.3 Å². The molecule has 1 fully saturated rings. The number of phenols is 2. The summed E-state index contributed by atoms with van der Waals surface area (Å²) in [7, 11) is 2.87. The Balaban J connectivity index is 0.000000347. The van der Waals surface area contributed by atoms with Crippen LogP contribution >= 0.6 is 0 Å². The fourth-order valence-corrected chi connectivity index (χ4v) is 3.64. The van der Waals surface area contributed by atoms with Gasteiger partial charge in [-0.25, -0.2) is 0 Å². The lowest BCUT2D eigenvalue weighted by atomic mass is 9.98. The van der Waals surface area contributed by atoms with Gasteiger partial charge in [-0.2, -0.15) is 0 Å². The number of aliphatic hydroxyl groups excluding tert-OH is 3. The summed E-state index contributed by atoms with van der Waals surface area (Å²) in [5, 5.41) is 46.8. The lowest BCUT2D eigenvalue weighted by molar-refractivity contribution is -0.258. The zero-order chi connectivity index (χ0) is 31.4. The number of ketones is 2. The molecule has 0 aromatic heterocycles. The second kappa shape index (κ2) is 16.2. The van der Waals surface area contributed by atoms with Gasteiger partial charge in [-0.15, -0.1) is 0 Å². The van der Waals surface area contributed by atoms with Crippen molar-refractivity contribution in [2.75, 3.05) is 20.8 Å². The summed E-state index contributed by atoms with van der Waals surface area (Å²) in [6.07, 6.45) is 0.678. The van der Waals surface area contributed by atoms with Crippen LogP contribution in [0.1, 0.15) is 24.5 Å². The number of carbonyl (C=O) groups excluding carboxylic acids is 3. The number of aromatic hydroxyl groups is 2. The van der Waals surface area contributed by atoms with E-state index in [0.717, 1.165) is 0 Å². The summed E-state index contributed by atoms with van der Waals surface area (Å²) in [4.78, 5) is 34.5. The molecule has 13 heteroatoms. The number of hydrogen-bond acceptors (Lipinski definition) is 13. The van der Waals surface area contributed by atoms with Crippen molar-refractivity contribution in [3.63, 3.8) is 0 Å². The monoisotopic (exact) mass is 589 g/mol. The SMILES string of the molecule is CC(=O)OC1O[C@H](CO)[C@@H](O)[C@H](O)[C@H]1N.COc1cc(/C=C/C(=O)CC(=O)/C=C/c2ccc(O)c(OC)c2)ccc1O. The Bertz CT molecular complexity index is 1220. The van der Waals surface area contributed by atoms with Gasteiger partial charge in [-0.3, -0.25) is 14.4 Å². The van der Waals surface area contributed by atoms with Crippen LogP contribution in [0.5, 0.6) is 23.0 Å². The molecule has 42 heavy (non-hydrogen) atoms. The molecule has 0 spiro atoms. The molecule has 0 aliphatic carbocycles. The van der Waals surface area contributed by atoms with Crippen LogP contribution in [-0.2, 0) is 23.9 Å². The molecule has 0 amide bonds. The molecule has 1 saturated heterocycles. The first kappa shape index (κ1) is 33.9. The van der Waals surface area contributed by atoms with Gasteiger partial charge in [0.2, 0.25) is 6.29 Å². The van der Waals surface area contributed by atoms with Crippen LogP contribution in [0.15, 0.2) is 48.6 Å². The van der Waals surface area contributed by atoms with Crippen molar-refractivity contribution in [2.45, 2.75) is 44.0 Å². The molecular weight excluding hydrogens is 554 g/mol. The number of hydrogen-bond donors (Lipinski definition) is 6. The summed E-state index contributed by atoms with van der Waals surface area (Å²) in [6, 6.07) is 8.30. The van der Waals surface area contributed by atoms with Crippen molar-refractivity contribution in [1.82, 2.24) is 0 Å². The minimum absolute atomic E-state index is 0.00662. The smallest absolute Gasteiger partial charge is 0.304 e. The quantitative estimate of drug-likeness (QED) is 0.128. The Morgan fingerprint density at radius 3 is 1.76 bits per heavy atom. The van der Waals surface area contributed by atoms with Crippen LogP contribution < -0.4 is 15.2 Å². The van der Waals surface area contributed by atoms with E-state index in [9.17, 15) is 34.8 Å². The van der Waals surface area contributed by atoms with Crippen LogP contribution in [-0.4, -0.2) is 94.5 Å². The van der Waals surface area contributed by atoms with Gasteiger partial charge in [0.25, 0.3) is 0 Å². The molecule has 1 aliphatic heterocycles. The topological polar surface area (TPSA) is 215 Å². The van der Waals surface area contributed by atoms with E-state index < -0.39 is 43.2 Å². The number of ether oxygens (including phenoxy) is 4. The molecule has 3 rings (SSSR count). The molecule has 2 aromatic carbocycles. The number of rotatable bonds is 10. The van der Waals surface area contributed by atoms with Gasteiger partial charge >= 0.3 is 5.97 Å². The van der Waals surface area contributed by atoms with E-state index in [-0.39, 0.29) is 29.5 Å². The number of nitrogens with two attached hydrogens (primary N) is 1. The normalized spacial score (nSPS) is 21.8. The third kappa shape index (κ3) is 9.98. The van der Waals surface area contributed by atoms with Crippen molar-refractivity contribution in [3.05, 3.63) is 59.7 Å².